The van der Waals surface area contributed by atoms with Crippen molar-refractivity contribution < 1.29 is 34.6 Å². The minimum Gasteiger partial charge on any atom is -0.508 e. The summed E-state index contributed by atoms with van der Waals surface area (Å²) < 4.78 is 6.23. The second-order valence-electron chi connectivity index (χ2n) is 10.6. The van der Waals surface area contributed by atoms with E-state index in [0.717, 1.165) is 40.9 Å². The number of phenolic OH excluding ortho intramolecular Hbond substituents is 1. The Morgan fingerprint density at radius 2 is 1.87 bits per heavy atom. The first kappa shape index (κ1) is 27.3. The fourth-order valence-corrected chi connectivity index (χ4v) is 6.46. The van der Waals surface area contributed by atoms with Crippen molar-refractivity contribution in [1.82, 2.24) is 0 Å². The predicted molar refractivity (Wildman–Crippen MR) is 148 cm³/mol. The first-order chi connectivity index (χ1) is 18.8. The molecule has 4 atom stereocenters. The number of anilines is 1. The molecule has 2 saturated heterocycles. The third kappa shape index (κ3) is 5.32. The molecule has 0 spiro atoms. The molecule has 0 bridgehead atoms. The molecule has 204 valence electrons. The molecule has 8 nitrogen and oxygen atoms in total. The quantitative estimate of drug-likeness (QED) is 0.223. The second-order valence-corrected chi connectivity index (χ2v) is 10.6. The Labute approximate surface area is 228 Å². The summed E-state index contributed by atoms with van der Waals surface area (Å²) in [5, 5.41) is 39.2. The summed E-state index contributed by atoms with van der Waals surface area (Å²) in [5.74, 6) is -1.86. The van der Waals surface area contributed by atoms with Gasteiger partial charge in [-0.15, -0.1) is 0 Å². The van der Waals surface area contributed by atoms with E-state index in [4.69, 9.17) is 4.74 Å². The maximum atomic E-state index is 13.7. The van der Waals surface area contributed by atoms with Crippen LogP contribution >= 0.6 is 0 Å². The van der Waals surface area contributed by atoms with Gasteiger partial charge in [0.05, 0.1) is 36.8 Å². The van der Waals surface area contributed by atoms with Crippen molar-refractivity contribution in [1.29, 1.82) is 0 Å². The summed E-state index contributed by atoms with van der Waals surface area (Å²) in [6.07, 6.45) is 5.51. The highest BCUT2D eigenvalue weighted by Crippen LogP contribution is 2.50. The van der Waals surface area contributed by atoms with E-state index < -0.39 is 19.0 Å². The van der Waals surface area contributed by atoms with Crippen LogP contribution < -0.4 is 10.4 Å². The molecule has 2 aromatic rings. The van der Waals surface area contributed by atoms with Crippen LogP contribution in [0.25, 0.3) is 6.08 Å². The SMILES string of the molecule is CCC/C(=C\c1cccc(O)c1)CC[C@H]1OC[C@H]2C1=C(CO)C[C@H]1C(=O)N(c3cccc(B(O)O)c3)C(=O)[C@H]12. The molecule has 5 rings (SSSR count). The van der Waals surface area contributed by atoms with Crippen molar-refractivity contribution in [2.45, 2.75) is 45.1 Å². The zero-order chi connectivity index (χ0) is 27.7. The number of rotatable bonds is 9. The summed E-state index contributed by atoms with van der Waals surface area (Å²) in [6, 6.07) is 13.3. The van der Waals surface area contributed by atoms with Gasteiger partial charge in [-0.1, -0.05) is 49.3 Å². The normalized spacial score (nSPS) is 24.8. The van der Waals surface area contributed by atoms with E-state index in [0.29, 0.717) is 25.1 Å². The van der Waals surface area contributed by atoms with Crippen molar-refractivity contribution in [3.63, 3.8) is 0 Å². The number of hydrogen-bond donors (Lipinski definition) is 4. The van der Waals surface area contributed by atoms with Crippen LogP contribution in [0.3, 0.4) is 0 Å². The second kappa shape index (κ2) is 11.5. The number of hydrogen-bond acceptors (Lipinski definition) is 7. The van der Waals surface area contributed by atoms with Crippen molar-refractivity contribution in [3.8, 4) is 5.75 Å². The molecule has 2 heterocycles. The molecule has 0 radical (unpaired) electrons. The number of carbonyl (C=O) groups is 2. The third-order valence-corrected chi connectivity index (χ3v) is 8.17. The van der Waals surface area contributed by atoms with E-state index in [1.54, 1.807) is 24.3 Å². The Morgan fingerprint density at radius 3 is 2.59 bits per heavy atom. The summed E-state index contributed by atoms with van der Waals surface area (Å²) in [7, 11) is -1.71. The Bertz CT molecular complexity index is 1320. The van der Waals surface area contributed by atoms with Crippen LogP contribution in [-0.2, 0) is 14.3 Å². The van der Waals surface area contributed by atoms with Crippen molar-refractivity contribution in [2.24, 2.45) is 17.8 Å². The lowest BCUT2D eigenvalue weighted by Crippen LogP contribution is -2.35. The topological polar surface area (TPSA) is 128 Å². The first-order valence-electron chi connectivity index (χ1n) is 13.6. The van der Waals surface area contributed by atoms with Gasteiger partial charge >= 0.3 is 7.12 Å². The van der Waals surface area contributed by atoms with E-state index >= 15 is 0 Å². The fourth-order valence-electron chi connectivity index (χ4n) is 6.46. The van der Waals surface area contributed by atoms with Gasteiger partial charge in [-0.2, -0.15) is 0 Å². The van der Waals surface area contributed by atoms with Crippen LogP contribution in [0.1, 0.15) is 44.6 Å². The lowest BCUT2D eigenvalue weighted by molar-refractivity contribution is -0.122. The number of fused-ring (bicyclic) bond motifs is 3. The predicted octanol–water partition coefficient (Wildman–Crippen LogP) is 2.55. The molecule has 0 saturated carbocycles. The highest BCUT2D eigenvalue weighted by Gasteiger charge is 2.57. The number of aliphatic hydroxyl groups excluding tert-OH is 1. The monoisotopic (exact) mass is 531 g/mol. The number of carbonyl (C=O) groups excluding carboxylic acids is 2. The number of phenols is 1. The van der Waals surface area contributed by atoms with Gasteiger partial charge in [0.1, 0.15) is 5.75 Å². The van der Waals surface area contributed by atoms with Crippen LogP contribution in [0.15, 0.2) is 65.3 Å². The van der Waals surface area contributed by atoms with E-state index in [1.165, 1.54) is 17.7 Å². The van der Waals surface area contributed by atoms with Crippen molar-refractivity contribution in [2.75, 3.05) is 18.1 Å². The zero-order valence-electron chi connectivity index (χ0n) is 22.0. The lowest BCUT2D eigenvalue weighted by atomic mass is 9.69. The van der Waals surface area contributed by atoms with E-state index in [1.807, 2.05) is 12.1 Å². The number of ether oxygens (including phenoxy) is 1. The molecule has 1 aliphatic carbocycles. The maximum Gasteiger partial charge on any atom is 0.488 e. The number of amides is 2. The van der Waals surface area contributed by atoms with Gasteiger partial charge in [0.15, 0.2) is 0 Å². The number of benzene rings is 2. The first-order valence-corrected chi connectivity index (χ1v) is 13.6. The molecule has 0 aromatic heterocycles. The van der Waals surface area contributed by atoms with E-state index in [2.05, 4.69) is 13.0 Å². The van der Waals surface area contributed by atoms with Gasteiger partial charge in [-0.3, -0.25) is 14.5 Å². The molecular formula is C30H34BNO7. The number of nitrogens with zero attached hydrogens (tertiary/aromatic N) is 1. The van der Waals surface area contributed by atoms with Crippen LogP contribution in [0.4, 0.5) is 5.69 Å². The van der Waals surface area contributed by atoms with Crippen LogP contribution in [0.2, 0.25) is 0 Å². The number of imide groups is 1. The molecule has 39 heavy (non-hydrogen) atoms. The van der Waals surface area contributed by atoms with Crippen molar-refractivity contribution in [3.05, 3.63) is 70.8 Å². The molecule has 9 heteroatoms. The number of allylic oxidation sites excluding steroid dienone is 1. The average molecular weight is 531 g/mol. The molecule has 2 aliphatic heterocycles. The van der Waals surface area contributed by atoms with Crippen LogP contribution in [0, 0.1) is 17.8 Å². The molecule has 2 aromatic carbocycles. The lowest BCUT2D eigenvalue weighted by Gasteiger charge is -2.31. The molecule has 4 N–H and O–H groups in total. The fraction of sp³-hybridized carbons (Fsp3) is 0.400. The molecule has 2 amide bonds. The largest absolute Gasteiger partial charge is 0.508 e. The average Bonchev–Trinajstić information content (AvgIpc) is 3.45. The van der Waals surface area contributed by atoms with Gasteiger partial charge in [-0.25, -0.2) is 0 Å². The van der Waals surface area contributed by atoms with Gasteiger partial charge in [0, 0.05) is 5.92 Å². The summed E-state index contributed by atoms with van der Waals surface area (Å²) in [6.45, 7) is 2.24. The van der Waals surface area contributed by atoms with Gasteiger partial charge in [0.25, 0.3) is 0 Å². The van der Waals surface area contributed by atoms with Gasteiger partial charge < -0.3 is 25.0 Å². The Hall–Kier alpha value is -3.24. The molecule has 0 unspecified atom stereocenters. The molecule has 2 fully saturated rings. The summed E-state index contributed by atoms with van der Waals surface area (Å²) in [4.78, 5) is 28.3. The Balaban J connectivity index is 1.37. The standard InChI is InChI=1S/C30H34BNO7/c1-2-5-18(12-19-6-3-9-23(34)13-19)10-11-26-27-20(16-33)14-24-28(25(27)17-39-26)30(36)32(29(24)35)22-8-4-7-21(15-22)31(37)38/h3-4,6-9,12-13,15,24-26,28,33-34,37-38H,2,5,10-11,14,16-17H2,1H3/b18-12+/t24-,25+,26-,28-/m1/s1. The van der Waals surface area contributed by atoms with Crippen molar-refractivity contribution >= 4 is 36.2 Å². The Morgan fingerprint density at radius 1 is 1.08 bits per heavy atom. The van der Waals surface area contributed by atoms with E-state index in [9.17, 15) is 29.9 Å². The van der Waals surface area contributed by atoms with Crippen LogP contribution in [0.5, 0.6) is 5.75 Å². The van der Waals surface area contributed by atoms with Gasteiger partial charge in [-0.05, 0) is 72.1 Å². The molecular weight excluding hydrogens is 497 g/mol. The van der Waals surface area contributed by atoms with Gasteiger partial charge in [0.2, 0.25) is 11.8 Å². The Kier molecular flexibility index (Phi) is 8.04. The molecule has 3 aliphatic rings. The third-order valence-electron chi connectivity index (χ3n) is 8.17. The summed E-state index contributed by atoms with van der Waals surface area (Å²) >= 11 is 0. The number of aliphatic hydroxyl groups is 1. The summed E-state index contributed by atoms with van der Waals surface area (Å²) in [5.41, 5.74) is 4.42. The van der Waals surface area contributed by atoms with Crippen LogP contribution in [-0.4, -0.2) is 58.5 Å². The maximum absolute atomic E-state index is 13.7. The highest BCUT2D eigenvalue weighted by atomic mass is 16.5. The number of aromatic hydroxyl groups is 1. The zero-order valence-corrected chi connectivity index (χ0v) is 22.0. The minimum absolute atomic E-state index is 0.191. The highest BCUT2D eigenvalue weighted by molar-refractivity contribution is 6.58. The minimum atomic E-state index is -1.71. The van der Waals surface area contributed by atoms with E-state index in [-0.39, 0.29) is 41.7 Å². The smallest absolute Gasteiger partial charge is 0.488 e.